The van der Waals surface area contributed by atoms with Gasteiger partial charge in [-0.25, -0.2) is 9.18 Å². The van der Waals surface area contributed by atoms with E-state index < -0.39 is 11.8 Å². The highest BCUT2D eigenvalue weighted by Crippen LogP contribution is 2.37. The fourth-order valence-electron chi connectivity index (χ4n) is 3.29. The molecule has 0 aliphatic carbocycles. The molecule has 1 aliphatic heterocycles. The summed E-state index contributed by atoms with van der Waals surface area (Å²) in [6.07, 6.45) is 2.64. The van der Waals surface area contributed by atoms with E-state index >= 15 is 0 Å². The maximum Gasteiger partial charge on any atom is 0.343 e. The first-order valence-electron chi connectivity index (χ1n) is 9.60. The molecule has 4 rings (SSSR count). The summed E-state index contributed by atoms with van der Waals surface area (Å²) >= 11 is 0. The van der Waals surface area contributed by atoms with Crippen molar-refractivity contribution in [3.8, 4) is 11.5 Å². The summed E-state index contributed by atoms with van der Waals surface area (Å²) in [7, 11) is 0. The minimum atomic E-state index is -0.620. The van der Waals surface area contributed by atoms with Gasteiger partial charge in [0.2, 0.25) is 5.78 Å². The van der Waals surface area contributed by atoms with Crippen LogP contribution in [0.5, 0.6) is 11.5 Å². The Balaban J connectivity index is 1.58. The molecule has 30 heavy (non-hydrogen) atoms. The Bertz CT molecular complexity index is 1160. The van der Waals surface area contributed by atoms with Crippen LogP contribution < -0.4 is 9.47 Å². The largest absolute Gasteiger partial charge is 0.452 e. The van der Waals surface area contributed by atoms with Gasteiger partial charge in [-0.15, -0.1) is 0 Å². The average Bonchev–Trinajstić information content (AvgIpc) is 3.04. The van der Waals surface area contributed by atoms with Gasteiger partial charge in [0.15, 0.2) is 5.76 Å². The first-order valence-corrected chi connectivity index (χ1v) is 9.60. The minimum absolute atomic E-state index is 0.210. The summed E-state index contributed by atoms with van der Waals surface area (Å²) in [5.41, 5.74) is 3.39. The molecule has 3 aromatic carbocycles. The Hall–Kier alpha value is -3.73. The van der Waals surface area contributed by atoms with Crippen molar-refractivity contribution in [1.29, 1.82) is 0 Å². The van der Waals surface area contributed by atoms with Crippen molar-refractivity contribution >= 4 is 17.8 Å². The summed E-state index contributed by atoms with van der Waals surface area (Å²) in [6.45, 7) is 3.84. The monoisotopic (exact) mass is 402 g/mol. The Morgan fingerprint density at radius 2 is 1.77 bits per heavy atom. The summed E-state index contributed by atoms with van der Waals surface area (Å²) in [5, 5.41) is 0. The molecule has 3 aromatic rings. The number of benzene rings is 3. The van der Waals surface area contributed by atoms with Gasteiger partial charge < -0.3 is 9.47 Å². The lowest BCUT2D eigenvalue weighted by atomic mass is 10.0. The molecule has 0 radical (unpaired) electrons. The van der Waals surface area contributed by atoms with Crippen LogP contribution in [-0.4, -0.2) is 11.8 Å². The van der Waals surface area contributed by atoms with E-state index in [9.17, 15) is 14.0 Å². The van der Waals surface area contributed by atoms with Gasteiger partial charge in [0.05, 0.1) is 11.1 Å². The van der Waals surface area contributed by atoms with Gasteiger partial charge in [-0.1, -0.05) is 31.2 Å². The van der Waals surface area contributed by atoms with E-state index in [-0.39, 0.29) is 22.9 Å². The van der Waals surface area contributed by atoms with Gasteiger partial charge in [-0.3, -0.25) is 4.79 Å². The Labute approximate surface area is 173 Å². The van der Waals surface area contributed by atoms with Crippen LogP contribution in [0.3, 0.4) is 0 Å². The lowest BCUT2D eigenvalue weighted by molar-refractivity contribution is 0.0734. The van der Waals surface area contributed by atoms with E-state index in [1.807, 2.05) is 24.3 Å². The van der Waals surface area contributed by atoms with Crippen LogP contribution in [0.2, 0.25) is 0 Å². The van der Waals surface area contributed by atoms with Gasteiger partial charge >= 0.3 is 5.97 Å². The first-order chi connectivity index (χ1) is 14.4. The molecule has 0 aromatic heterocycles. The van der Waals surface area contributed by atoms with E-state index in [1.54, 1.807) is 19.1 Å². The van der Waals surface area contributed by atoms with Crippen molar-refractivity contribution < 1.29 is 23.5 Å². The maximum absolute atomic E-state index is 13.0. The van der Waals surface area contributed by atoms with Crippen molar-refractivity contribution in [1.82, 2.24) is 0 Å². The fraction of sp³-hybridized carbons (Fsp3) is 0.120. The molecule has 150 valence electrons. The van der Waals surface area contributed by atoms with Gasteiger partial charge in [0.1, 0.15) is 17.3 Å². The highest BCUT2D eigenvalue weighted by atomic mass is 19.1. The molecular formula is C25H19FO4. The number of ether oxygens (including phenoxy) is 2. The van der Waals surface area contributed by atoms with Crippen molar-refractivity contribution in [3.05, 3.63) is 100 Å². The third-order valence-corrected chi connectivity index (χ3v) is 4.92. The molecule has 0 unspecified atom stereocenters. The molecule has 0 bridgehead atoms. The van der Waals surface area contributed by atoms with Gasteiger partial charge in [-0.05, 0) is 66.4 Å². The summed E-state index contributed by atoms with van der Waals surface area (Å²) in [5.74, 6) is -0.445. The standard InChI is InChI=1S/C25H19FO4/c1-3-16-4-6-17(7-5-16)13-22-24(27)23-15(2)12-20(14-21(23)30-22)29-25(28)18-8-10-19(26)11-9-18/h4-14H,3H2,1-2H3/b22-13-. The second-order valence-electron chi connectivity index (χ2n) is 7.04. The molecule has 0 saturated carbocycles. The fourth-order valence-corrected chi connectivity index (χ4v) is 3.29. The molecule has 0 amide bonds. The molecule has 1 heterocycles. The third kappa shape index (κ3) is 3.87. The highest BCUT2D eigenvalue weighted by molar-refractivity contribution is 6.15. The number of carbonyl (C=O) groups excluding carboxylic acids is 2. The predicted molar refractivity (Wildman–Crippen MR) is 111 cm³/mol. The van der Waals surface area contributed by atoms with Crippen LogP contribution in [0.1, 0.15) is 44.3 Å². The van der Waals surface area contributed by atoms with Crippen LogP contribution >= 0.6 is 0 Å². The number of ketones is 1. The molecule has 5 heteroatoms. The second kappa shape index (κ2) is 7.95. The van der Waals surface area contributed by atoms with E-state index in [0.29, 0.717) is 16.9 Å². The number of allylic oxidation sites excluding steroid dienone is 1. The summed E-state index contributed by atoms with van der Waals surface area (Å²) in [6, 6.07) is 16.1. The summed E-state index contributed by atoms with van der Waals surface area (Å²) in [4.78, 5) is 25.1. The van der Waals surface area contributed by atoms with Gasteiger partial charge in [0.25, 0.3) is 0 Å². The Morgan fingerprint density at radius 3 is 2.43 bits per heavy atom. The number of hydrogen-bond donors (Lipinski definition) is 0. The molecule has 1 aliphatic rings. The lowest BCUT2D eigenvalue weighted by Gasteiger charge is -2.07. The molecule has 0 spiro atoms. The minimum Gasteiger partial charge on any atom is -0.452 e. The van der Waals surface area contributed by atoms with E-state index in [1.165, 1.54) is 35.9 Å². The number of hydrogen-bond acceptors (Lipinski definition) is 4. The zero-order valence-electron chi connectivity index (χ0n) is 16.6. The number of carbonyl (C=O) groups is 2. The van der Waals surface area contributed by atoms with E-state index in [2.05, 4.69) is 6.92 Å². The van der Waals surface area contributed by atoms with Crippen molar-refractivity contribution in [2.24, 2.45) is 0 Å². The second-order valence-corrected chi connectivity index (χ2v) is 7.04. The predicted octanol–water partition coefficient (Wildman–Crippen LogP) is 5.53. The first kappa shape index (κ1) is 19.6. The van der Waals surface area contributed by atoms with Crippen molar-refractivity contribution in [2.75, 3.05) is 0 Å². The topological polar surface area (TPSA) is 52.6 Å². The SMILES string of the molecule is CCc1ccc(/C=C2\Oc3cc(OC(=O)c4ccc(F)cc4)cc(C)c3C2=O)cc1. The molecular weight excluding hydrogens is 383 g/mol. The number of halogens is 1. The molecule has 0 saturated heterocycles. The lowest BCUT2D eigenvalue weighted by Crippen LogP contribution is -2.08. The van der Waals surface area contributed by atoms with Crippen molar-refractivity contribution in [3.63, 3.8) is 0 Å². The summed E-state index contributed by atoms with van der Waals surface area (Å²) < 4.78 is 24.2. The Kier molecular flexibility index (Phi) is 5.19. The molecule has 0 fully saturated rings. The number of rotatable bonds is 4. The van der Waals surface area contributed by atoms with Crippen LogP contribution in [0.4, 0.5) is 4.39 Å². The van der Waals surface area contributed by atoms with Crippen molar-refractivity contribution in [2.45, 2.75) is 20.3 Å². The zero-order valence-corrected chi connectivity index (χ0v) is 16.6. The normalized spacial score (nSPS) is 13.8. The molecule has 4 nitrogen and oxygen atoms in total. The third-order valence-electron chi connectivity index (χ3n) is 4.92. The van der Waals surface area contributed by atoms with Gasteiger partial charge in [-0.2, -0.15) is 0 Å². The van der Waals surface area contributed by atoms with E-state index in [4.69, 9.17) is 9.47 Å². The average molecular weight is 402 g/mol. The zero-order chi connectivity index (χ0) is 21.3. The number of esters is 1. The van der Waals surface area contributed by atoms with Crippen LogP contribution in [0.25, 0.3) is 6.08 Å². The van der Waals surface area contributed by atoms with Crippen LogP contribution in [-0.2, 0) is 6.42 Å². The number of fused-ring (bicyclic) bond motifs is 1. The molecule has 0 N–H and O–H groups in total. The molecule has 0 atom stereocenters. The quantitative estimate of drug-likeness (QED) is 0.327. The highest BCUT2D eigenvalue weighted by Gasteiger charge is 2.30. The maximum atomic E-state index is 13.0. The Morgan fingerprint density at radius 1 is 1.07 bits per heavy atom. The number of Topliss-reactive ketones (excluding diaryl/α,β-unsaturated/α-hetero) is 1. The number of aryl methyl sites for hydroxylation is 2. The van der Waals surface area contributed by atoms with Crippen LogP contribution in [0.15, 0.2) is 66.4 Å². The smallest absolute Gasteiger partial charge is 0.343 e. The van der Waals surface area contributed by atoms with E-state index in [0.717, 1.165) is 12.0 Å². The van der Waals surface area contributed by atoms with Crippen LogP contribution in [0, 0.1) is 12.7 Å². The van der Waals surface area contributed by atoms with Gasteiger partial charge in [0, 0.05) is 6.07 Å².